The normalized spacial score (nSPS) is 13.5. The average Bonchev–Trinajstić information content (AvgIpc) is 2.57. The molecular weight excluding hydrogens is 140 g/mol. The molecule has 2 heterocycles. The summed E-state index contributed by atoms with van der Waals surface area (Å²) in [5.74, 6) is 0. The molecule has 2 rings (SSSR count). The van der Waals surface area contributed by atoms with Crippen LogP contribution < -0.4 is 5.32 Å². The molecule has 0 radical (unpaired) electrons. The maximum absolute atomic E-state index is 3.85. The number of aliphatic imine (C=N–C) groups is 1. The molecule has 0 unspecified atom stereocenters. The molecule has 0 saturated heterocycles. The Balaban J connectivity index is 0.000000112. The molecule has 0 atom stereocenters. The first-order chi connectivity index (χ1) is 5.39. The number of hydrogen-bond donors (Lipinski definition) is 1. The molecule has 0 aliphatic carbocycles. The molecule has 4 heteroatoms. The van der Waals surface area contributed by atoms with Crippen molar-refractivity contribution in [3.8, 4) is 0 Å². The van der Waals surface area contributed by atoms with Gasteiger partial charge in [-0.1, -0.05) is 0 Å². The average molecular weight is 152 g/mol. The van der Waals surface area contributed by atoms with Crippen LogP contribution in [0.1, 0.15) is 0 Å². The Morgan fingerprint density at radius 1 is 1.55 bits per heavy atom. The largest absolute Gasteiger partial charge is 0.375 e. The van der Waals surface area contributed by atoms with Crippen LogP contribution in [-0.2, 0) is 7.05 Å². The molecule has 0 amide bonds. The Kier molecular flexibility index (Phi) is 3.18. The Labute approximate surface area is 66.0 Å². The molecule has 0 aromatic carbocycles. The van der Waals surface area contributed by atoms with Crippen molar-refractivity contribution in [1.29, 1.82) is 0 Å². The second-order valence-electron chi connectivity index (χ2n) is 2.22. The van der Waals surface area contributed by atoms with E-state index in [4.69, 9.17) is 0 Å². The molecule has 0 saturated carbocycles. The number of nitrogens with zero attached hydrogens (tertiary/aromatic N) is 3. The standard InChI is InChI=1S/C4H6N2.C3H6N2/c1-6-3-2-5-4-6;1-2-5-3-4-1/h2-4H,1H3;3H,1-2H2,(H,4,5). The summed E-state index contributed by atoms with van der Waals surface area (Å²) in [4.78, 5) is 7.63. The predicted molar refractivity (Wildman–Crippen MR) is 44.6 cm³/mol. The first-order valence-electron chi connectivity index (χ1n) is 3.53. The number of nitrogens with one attached hydrogen (secondary N) is 1. The van der Waals surface area contributed by atoms with E-state index in [-0.39, 0.29) is 0 Å². The van der Waals surface area contributed by atoms with Gasteiger partial charge in [0.1, 0.15) is 0 Å². The van der Waals surface area contributed by atoms with Crippen molar-refractivity contribution in [2.24, 2.45) is 12.0 Å². The van der Waals surface area contributed by atoms with Crippen molar-refractivity contribution in [2.75, 3.05) is 13.1 Å². The van der Waals surface area contributed by atoms with Crippen LogP contribution in [0.5, 0.6) is 0 Å². The smallest absolute Gasteiger partial charge is 0.0943 e. The van der Waals surface area contributed by atoms with E-state index < -0.39 is 0 Å². The summed E-state index contributed by atoms with van der Waals surface area (Å²) in [5, 5.41) is 2.93. The SMILES string of the molecule is C1=NCCN1.Cn1ccnc1. The van der Waals surface area contributed by atoms with Crippen molar-refractivity contribution in [3.63, 3.8) is 0 Å². The summed E-state index contributed by atoms with van der Waals surface area (Å²) in [5.41, 5.74) is 0. The van der Waals surface area contributed by atoms with Gasteiger partial charge in [0.05, 0.1) is 19.2 Å². The van der Waals surface area contributed by atoms with Gasteiger partial charge in [-0.2, -0.15) is 0 Å². The van der Waals surface area contributed by atoms with Gasteiger partial charge in [0.2, 0.25) is 0 Å². The zero-order valence-electron chi connectivity index (χ0n) is 6.57. The Morgan fingerprint density at radius 2 is 2.45 bits per heavy atom. The van der Waals surface area contributed by atoms with Crippen molar-refractivity contribution in [3.05, 3.63) is 18.7 Å². The number of aryl methyl sites for hydroxylation is 1. The maximum Gasteiger partial charge on any atom is 0.0943 e. The lowest BCUT2D eigenvalue weighted by molar-refractivity contribution is 0.913. The van der Waals surface area contributed by atoms with Crippen molar-refractivity contribution in [2.45, 2.75) is 0 Å². The van der Waals surface area contributed by atoms with Gasteiger partial charge in [0, 0.05) is 26.0 Å². The monoisotopic (exact) mass is 152 g/mol. The fraction of sp³-hybridized carbons (Fsp3) is 0.429. The second-order valence-corrected chi connectivity index (χ2v) is 2.22. The zero-order chi connectivity index (χ0) is 7.94. The van der Waals surface area contributed by atoms with Gasteiger partial charge in [0.15, 0.2) is 0 Å². The molecule has 0 bridgehead atoms. The summed E-state index contributed by atoms with van der Waals surface area (Å²) in [6.07, 6.45) is 7.12. The fourth-order valence-corrected chi connectivity index (χ4v) is 0.649. The van der Waals surface area contributed by atoms with Crippen LogP contribution in [0.2, 0.25) is 0 Å². The molecule has 1 aromatic rings. The van der Waals surface area contributed by atoms with Gasteiger partial charge in [-0.3, -0.25) is 4.99 Å². The number of hydrogen-bond acceptors (Lipinski definition) is 3. The quantitative estimate of drug-likeness (QED) is 0.570. The lowest BCUT2D eigenvalue weighted by Crippen LogP contribution is -2.04. The predicted octanol–water partition coefficient (Wildman–Crippen LogP) is 0.0380. The van der Waals surface area contributed by atoms with E-state index in [9.17, 15) is 0 Å². The topological polar surface area (TPSA) is 42.2 Å². The fourth-order valence-electron chi connectivity index (χ4n) is 0.649. The Bertz CT molecular complexity index is 196. The first-order valence-corrected chi connectivity index (χ1v) is 3.53. The summed E-state index contributed by atoms with van der Waals surface area (Å²) < 4.78 is 1.89. The zero-order valence-corrected chi connectivity index (χ0v) is 6.57. The van der Waals surface area contributed by atoms with E-state index in [1.807, 2.05) is 17.8 Å². The Hall–Kier alpha value is -1.32. The third kappa shape index (κ3) is 3.40. The van der Waals surface area contributed by atoms with E-state index in [1.54, 1.807) is 18.9 Å². The molecule has 60 valence electrons. The van der Waals surface area contributed by atoms with Crippen LogP contribution in [0.15, 0.2) is 23.7 Å². The molecule has 1 aliphatic heterocycles. The van der Waals surface area contributed by atoms with E-state index in [2.05, 4.69) is 15.3 Å². The molecule has 1 aromatic heterocycles. The van der Waals surface area contributed by atoms with Crippen molar-refractivity contribution in [1.82, 2.24) is 14.9 Å². The molecular formula is C7H12N4. The number of rotatable bonds is 0. The van der Waals surface area contributed by atoms with Crippen LogP contribution >= 0.6 is 0 Å². The molecule has 4 nitrogen and oxygen atoms in total. The highest BCUT2D eigenvalue weighted by atomic mass is 15.0. The summed E-state index contributed by atoms with van der Waals surface area (Å²) in [7, 11) is 1.94. The van der Waals surface area contributed by atoms with Gasteiger partial charge < -0.3 is 9.88 Å². The second kappa shape index (κ2) is 4.49. The number of imidazole rings is 1. The molecule has 1 aliphatic rings. The van der Waals surface area contributed by atoms with E-state index in [1.165, 1.54) is 0 Å². The van der Waals surface area contributed by atoms with Gasteiger partial charge in [-0.15, -0.1) is 0 Å². The van der Waals surface area contributed by atoms with Crippen LogP contribution in [-0.4, -0.2) is 29.0 Å². The van der Waals surface area contributed by atoms with Crippen LogP contribution in [0, 0.1) is 0 Å². The van der Waals surface area contributed by atoms with E-state index >= 15 is 0 Å². The first kappa shape index (κ1) is 7.78. The Morgan fingerprint density at radius 3 is 2.64 bits per heavy atom. The lowest BCUT2D eigenvalue weighted by Gasteiger charge is -1.76. The lowest BCUT2D eigenvalue weighted by atomic mass is 10.7. The third-order valence-corrected chi connectivity index (χ3v) is 1.20. The van der Waals surface area contributed by atoms with E-state index in [0.29, 0.717) is 0 Å². The highest BCUT2D eigenvalue weighted by molar-refractivity contribution is 5.56. The van der Waals surface area contributed by atoms with E-state index in [0.717, 1.165) is 13.1 Å². The maximum atomic E-state index is 3.85. The highest BCUT2D eigenvalue weighted by Gasteiger charge is 1.82. The van der Waals surface area contributed by atoms with Gasteiger partial charge >= 0.3 is 0 Å². The van der Waals surface area contributed by atoms with Gasteiger partial charge in [-0.05, 0) is 0 Å². The molecule has 1 N–H and O–H groups in total. The molecule has 0 spiro atoms. The van der Waals surface area contributed by atoms with Gasteiger partial charge in [-0.25, -0.2) is 4.98 Å². The minimum atomic E-state index is 0.958. The third-order valence-electron chi connectivity index (χ3n) is 1.20. The van der Waals surface area contributed by atoms with Crippen LogP contribution in [0.25, 0.3) is 0 Å². The number of aromatic nitrogens is 2. The van der Waals surface area contributed by atoms with Crippen LogP contribution in [0.4, 0.5) is 0 Å². The minimum absolute atomic E-state index is 0.958. The van der Waals surface area contributed by atoms with Crippen LogP contribution in [0.3, 0.4) is 0 Å². The summed E-state index contributed by atoms with van der Waals surface area (Å²) in [6.45, 7) is 1.99. The summed E-state index contributed by atoms with van der Waals surface area (Å²) >= 11 is 0. The molecule has 0 fully saturated rings. The molecule has 11 heavy (non-hydrogen) atoms. The highest BCUT2D eigenvalue weighted by Crippen LogP contribution is 1.73. The van der Waals surface area contributed by atoms with Crippen molar-refractivity contribution >= 4 is 6.34 Å². The van der Waals surface area contributed by atoms with Crippen molar-refractivity contribution < 1.29 is 0 Å². The summed E-state index contributed by atoms with van der Waals surface area (Å²) in [6, 6.07) is 0. The van der Waals surface area contributed by atoms with Gasteiger partial charge in [0.25, 0.3) is 0 Å². The minimum Gasteiger partial charge on any atom is -0.375 e.